The van der Waals surface area contributed by atoms with Crippen molar-refractivity contribution in [3.8, 4) is 5.75 Å². The van der Waals surface area contributed by atoms with Crippen LogP contribution in [0.5, 0.6) is 5.75 Å². The van der Waals surface area contributed by atoms with E-state index >= 15 is 0 Å². The summed E-state index contributed by atoms with van der Waals surface area (Å²) >= 11 is 3.62. The number of pyridine rings is 1. The number of fused-ring (bicyclic) bond motifs is 1. The van der Waals surface area contributed by atoms with Crippen LogP contribution >= 0.6 is 15.9 Å². The van der Waals surface area contributed by atoms with Gasteiger partial charge in [0.2, 0.25) is 0 Å². The first-order valence-electron chi connectivity index (χ1n) is 6.95. The van der Waals surface area contributed by atoms with Crippen LogP contribution in [0.2, 0.25) is 0 Å². The fraction of sp³-hybridized carbons (Fsp3) is 0.438. The van der Waals surface area contributed by atoms with E-state index in [4.69, 9.17) is 9.47 Å². The Morgan fingerprint density at radius 3 is 2.70 bits per heavy atom. The van der Waals surface area contributed by atoms with Gasteiger partial charge in [0.15, 0.2) is 0 Å². The predicted octanol–water partition coefficient (Wildman–Crippen LogP) is 4.17. The number of hydrogen-bond acceptors (Lipinski definition) is 3. The van der Waals surface area contributed by atoms with E-state index < -0.39 is 0 Å². The monoisotopic (exact) mass is 335 g/mol. The summed E-state index contributed by atoms with van der Waals surface area (Å²) in [7, 11) is 0. The quantitative estimate of drug-likeness (QED) is 0.825. The molecule has 1 aromatic carbocycles. The second-order valence-electron chi connectivity index (χ2n) is 5.31. The highest BCUT2D eigenvalue weighted by Gasteiger charge is 2.17. The molecule has 1 aliphatic rings. The van der Waals surface area contributed by atoms with Crippen LogP contribution in [0.15, 0.2) is 22.7 Å². The molecule has 3 nitrogen and oxygen atoms in total. The molecular weight excluding hydrogens is 318 g/mol. The number of nitrogens with zero attached hydrogens (tertiary/aromatic N) is 1. The van der Waals surface area contributed by atoms with Crippen LogP contribution in [0.1, 0.15) is 24.1 Å². The summed E-state index contributed by atoms with van der Waals surface area (Å²) < 4.78 is 12.5. The summed E-state index contributed by atoms with van der Waals surface area (Å²) in [6.07, 6.45) is 2.14. The zero-order valence-corrected chi connectivity index (χ0v) is 13.4. The molecule has 106 valence electrons. The minimum absolute atomic E-state index is 0.242. The van der Waals surface area contributed by atoms with E-state index in [9.17, 15) is 0 Å². The van der Waals surface area contributed by atoms with Gasteiger partial charge in [0, 0.05) is 22.7 Å². The summed E-state index contributed by atoms with van der Waals surface area (Å²) in [5.41, 5.74) is 3.16. The average molecular weight is 336 g/mol. The molecule has 1 saturated heterocycles. The van der Waals surface area contributed by atoms with Gasteiger partial charge in [-0.3, -0.25) is 0 Å². The van der Waals surface area contributed by atoms with Crippen molar-refractivity contribution in [3.63, 3.8) is 0 Å². The Kier molecular flexibility index (Phi) is 3.94. The van der Waals surface area contributed by atoms with Crippen LogP contribution < -0.4 is 4.74 Å². The third-order valence-corrected chi connectivity index (χ3v) is 4.29. The topological polar surface area (TPSA) is 31.4 Å². The smallest absolute Gasteiger partial charge is 0.141 e. The number of benzene rings is 1. The highest BCUT2D eigenvalue weighted by molar-refractivity contribution is 9.10. The van der Waals surface area contributed by atoms with Crippen molar-refractivity contribution in [2.45, 2.75) is 32.8 Å². The van der Waals surface area contributed by atoms with Gasteiger partial charge < -0.3 is 9.47 Å². The van der Waals surface area contributed by atoms with Gasteiger partial charge in [-0.05, 0) is 37.6 Å². The Morgan fingerprint density at radius 2 is 1.95 bits per heavy atom. The molecule has 0 spiro atoms. The molecule has 2 heterocycles. The van der Waals surface area contributed by atoms with Gasteiger partial charge in [0.25, 0.3) is 0 Å². The maximum Gasteiger partial charge on any atom is 0.141 e. The van der Waals surface area contributed by atoms with Crippen molar-refractivity contribution < 1.29 is 9.47 Å². The second-order valence-corrected chi connectivity index (χ2v) is 6.17. The Hall–Kier alpha value is -1.13. The van der Waals surface area contributed by atoms with Crippen molar-refractivity contribution in [2.24, 2.45) is 0 Å². The predicted molar refractivity (Wildman–Crippen MR) is 83.4 cm³/mol. The van der Waals surface area contributed by atoms with Crippen LogP contribution in [0.4, 0.5) is 0 Å². The van der Waals surface area contributed by atoms with Crippen molar-refractivity contribution in [3.05, 3.63) is 33.9 Å². The molecule has 0 amide bonds. The Morgan fingerprint density at radius 1 is 1.20 bits per heavy atom. The van der Waals surface area contributed by atoms with Crippen LogP contribution in [-0.2, 0) is 4.74 Å². The van der Waals surface area contributed by atoms with Crippen molar-refractivity contribution in [1.82, 2.24) is 4.98 Å². The largest absolute Gasteiger partial charge is 0.488 e. The zero-order valence-electron chi connectivity index (χ0n) is 11.8. The second kappa shape index (κ2) is 5.70. The van der Waals surface area contributed by atoms with Gasteiger partial charge in [0.1, 0.15) is 11.9 Å². The number of rotatable bonds is 2. The zero-order chi connectivity index (χ0) is 14.1. The van der Waals surface area contributed by atoms with Gasteiger partial charge in [-0.1, -0.05) is 15.9 Å². The lowest BCUT2D eigenvalue weighted by molar-refractivity contribution is 0.0252. The first kappa shape index (κ1) is 13.8. The third-order valence-electron chi connectivity index (χ3n) is 3.63. The van der Waals surface area contributed by atoms with E-state index in [1.165, 1.54) is 5.56 Å². The molecule has 0 atom stereocenters. The molecule has 4 heteroatoms. The van der Waals surface area contributed by atoms with Crippen molar-refractivity contribution in [1.29, 1.82) is 0 Å². The van der Waals surface area contributed by atoms with E-state index in [1.54, 1.807) is 0 Å². The SMILES string of the molecule is Cc1cc(Br)c2cc(OC3CCOCC3)c(C)nc2c1. The molecule has 3 rings (SSSR count). The highest BCUT2D eigenvalue weighted by atomic mass is 79.9. The molecule has 0 radical (unpaired) electrons. The number of ether oxygens (including phenoxy) is 2. The summed E-state index contributed by atoms with van der Waals surface area (Å²) in [4.78, 5) is 4.68. The molecule has 20 heavy (non-hydrogen) atoms. The molecule has 2 aromatic rings. The molecule has 0 N–H and O–H groups in total. The highest BCUT2D eigenvalue weighted by Crippen LogP contribution is 2.30. The number of halogens is 1. The fourth-order valence-electron chi connectivity index (χ4n) is 2.53. The van der Waals surface area contributed by atoms with E-state index in [-0.39, 0.29) is 6.10 Å². The summed E-state index contributed by atoms with van der Waals surface area (Å²) in [6, 6.07) is 6.31. The maximum atomic E-state index is 6.12. The van der Waals surface area contributed by atoms with Crippen LogP contribution in [0, 0.1) is 13.8 Å². The molecule has 1 fully saturated rings. The van der Waals surface area contributed by atoms with Crippen LogP contribution in [-0.4, -0.2) is 24.3 Å². The molecule has 0 bridgehead atoms. The Labute approximate surface area is 127 Å². The molecule has 0 saturated carbocycles. The third kappa shape index (κ3) is 2.81. The average Bonchev–Trinajstić information content (AvgIpc) is 2.41. The number of aryl methyl sites for hydroxylation is 2. The minimum Gasteiger partial charge on any atom is -0.488 e. The van der Waals surface area contributed by atoms with Gasteiger partial charge in [0.05, 0.1) is 24.4 Å². The first-order valence-corrected chi connectivity index (χ1v) is 7.74. The van der Waals surface area contributed by atoms with Gasteiger partial charge in [-0.15, -0.1) is 0 Å². The summed E-state index contributed by atoms with van der Waals surface area (Å²) in [5, 5.41) is 1.10. The fourth-order valence-corrected chi connectivity index (χ4v) is 3.21. The van der Waals surface area contributed by atoms with Crippen LogP contribution in [0.25, 0.3) is 10.9 Å². The van der Waals surface area contributed by atoms with Crippen molar-refractivity contribution in [2.75, 3.05) is 13.2 Å². The lowest BCUT2D eigenvalue weighted by Crippen LogP contribution is -2.26. The van der Waals surface area contributed by atoms with Crippen molar-refractivity contribution >= 4 is 26.8 Å². The maximum absolute atomic E-state index is 6.12. The minimum atomic E-state index is 0.242. The van der Waals surface area contributed by atoms with E-state index in [0.717, 1.165) is 52.9 Å². The molecular formula is C16H18BrNO2. The Bertz CT molecular complexity index is 636. The standard InChI is InChI=1S/C16H18BrNO2/c1-10-7-14(17)13-9-16(11(2)18-15(13)8-10)20-12-3-5-19-6-4-12/h7-9,12H,3-6H2,1-2H3. The molecule has 1 aliphatic heterocycles. The normalized spacial score (nSPS) is 16.6. The first-order chi connectivity index (χ1) is 9.63. The lowest BCUT2D eigenvalue weighted by atomic mass is 10.1. The molecule has 0 aliphatic carbocycles. The van der Waals surface area contributed by atoms with Gasteiger partial charge >= 0.3 is 0 Å². The Balaban J connectivity index is 1.96. The number of hydrogen-bond donors (Lipinski definition) is 0. The number of aromatic nitrogens is 1. The van der Waals surface area contributed by atoms with E-state index in [0.29, 0.717) is 0 Å². The summed E-state index contributed by atoms with van der Waals surface area (Å²) in [5.74, 6) is 0.883. The van der Waals surface area contributed by atoms with E-state index in [1.807, 2.05) is 6.92 Å². The van der Waals surface area contributed by atoms with Gasteiger partial charge in [-0.2, -0.15) is 0 Å². The van der Waals surface area contributed by atoms with Gasteiger partial charge in [-0.25, -0.2) is 4.98 Å². The lowest BCUT2D eigenvalue weighted by Gasteiger charge is -2.24. The van der Waals surface area contributed by atoms with Crippen LogP contribution in [0.3, 0.4) is 0 Å². The van der Waals surface area contributed by atoms with E-state index in [2.05, 4.69) is 46.0 Å². The molecule has 1 aromatic heterocycles. The summed E-state index contributed by atoms with van der Waals surface area (Å²) in [6.45, 7) is 5.65. The molecule has 0 unspecified atom stereocenters.